The predicted octanol–water partition coefficient (Wildman–Crippen LogP) is 3.27. The molecule has 6 nitrogen and oxygen atoms in total. The number of nitrogens with zero attached hydrogens (tertiary/aromatic N) is 4. The van der Waals surface area contributed by atoms with Crippen molar-refractivity contribution in [1.82, 2.24) is 20.3 Å². The Morgan fingerprint density at radius 1 is 0.833 bits per heavy atom. The Balaban J connectivity index is 1.49. The van der Waals surface area contributed by atoms with E-state index in [-0.39, 0.29) is 5.95 Å². The molecule has 0 radical (unpaired) electrons. The zero-order valence-electron chi connectivity index (χ0n) is 16.8. The maximum absolute atomic E-state index is 5.96. The SMILES string of the molecule is Nc1nc(Cc2ccccc2)c2nc(-c3ccc(N4CCNCC4)cc3)ccc2n1. The lowest BCUT2D eigenvalue weighted by atomic mass is 10.1. The number of hydrogen-bond donors (Lipinski definition) is 2. The highest BCUT2D eigenvalue weighted by molar-refractivity contribution is 5.81. The van der Waals surface area contributed by atoms with Crippen LogP contribution in [-0.2, 0) is 6.42 Å². The van der Waals surface area contributed by atoms with E-state index in [0.29, 0.717) is 6.42 Å². The summed E-state index contributed by atoms with van der Waals surface area (Å²) < 4.78 is 0. The first-order valence-electron chi connectivity index (χ1n) is 10.3. The number of piperazine rings is 1. The summed E-state index contributed by atoms with van der Waals surface area (Å²) in [5, 5.41) is 3.39. The quantitative estimate of drug-likeness (QED) is 0.551. The second-order valence-corrected chi connectivity index (χ2v) is 7.54. The summed E-state index contributed by atoms with van der Waals surface area (Å²) in [6.07, 6.45) is 0.669. The Morgan fingerprint density at radius 3 is 2.37 bits per heavy atom. The summed E-state index contributed by atoms with van der Waals surface area (Å²) >= 11 is 0. The molecule has 3 heterocycles. The fourth-order valence-electron chi connectivity index (χ4n) is 3.93. The van der Waals surface area contributed by atoms with Gasteiger partial charge in [-0.25, -0.2) is 15.0 Å². The third kappa shape index (κ3) is 3.82. The molecule has 0 amide bonds. The minimum absolute atomic E-state index is 0.281. The molecule has 150 valence electrons. The van der Waals surface area contributed by atoms with Crippen LogP contribution in [0.2, 0.25) is 0 Å². The van der Waals surface area contributed by atoms with Crippen LogP contribution in [0.1, 0.15) is 11.3 Å². The highest BCUT2D eigenvalue weighted by atomic mass is 15.2. The number of nitrogens with one attached hydrogen (secondary N) is 1. The first-order valence-corrected chi connectivity index (χ1v) is 10.3. The Bertz CT molecular complexity index is 1150. The minimum Gasteiger partial charge on any atom is -0.369 e. The van der Waals surface area contributed by atoms with E-state index in [1.54, 1.807) is 0 Å². The van der Waals surface area contributed by atoms with Gasteiger partial charge < -0.3 is 16.0 Å². The zero-order chi connectivity index (χ0) is 20.3. The van der Waals surface area contributed by atoms with E-state index >= 15 is 0 Å². The predicted molar refractivity (Wildman–Crippen MR) is 122 cm³/mol. The van der Waals surface area contributed by atoms with Crippen molar-refractivity contribution in [2.45, 2.75) is 6.42 Å². The van der Waals surface area contributed by atoms with Crippen molar-refractivity contribution in [3.63, 3.8) is 0 Å². The zero-order valence-corrected chi connectivity index (χ0v) is 16.8. The van der Waals surface area contributed by atoms with Crippen molar-refractivity contribution in [1.29, 1.82) is 0 Å². The van der Waals surface area contributed by atoms with Crippen LogP contribution in [0.15, 0.2) is 66.7 Å². The first-order chi connectivity index (χ1) is 14.8. The van der Waals surface area contributed by atoms with Crippen LogP contribution >= 0.6 is 0 Å². The molecule has 0 aliphatic carbocycles. The van der Waals surface area contributed by atoms with Crippen molar-refractivity contribution < 1.29 is 0 Å². The molecule has 0 unspecified atom stereocenters. The number of fused-ring (bicyclic) bond motifs is 1. The first kappa shape index (κ1) is 18.5. The maximum Gasteiger partial charge on any atom is 0.220 e. The van der Waals surface area contributed by atoms with Gasteiger partial charge >= 0.3 is 0 Å². The van der Waals surface area contributed by atoms with Gasteiger partial charge in [0.15, 0.2) is 0 Å². The number of rotatable bonds is 4. The van der Waals surface area contributed by atoms with E-state index in [4.69, 9.17) is 10.7 Å². The molecule has 0 spiro atoms. The number of anilines is 2. The Hall–Kier alpha value is -3.51. The van der Waals surface area contributed by atoms with Crippen LogP contribution in [0.5, 0.6) is 0 Å². The fourth-order valence-corrected chi connectivity index (χ4v) is 3.93. The van der Waals surface area contributed by atoms with Crippen molar-refractivity contribution in [2.24, 2.45) is 0 Å². The van der Waals surface area contributed by atoms with Gasteiger partial charge in [-0.3, -0.25) is 0 Å². The Morgan fingerprint density at radius 2 is 1.60 bits per heavy atom. The van der Waals surface area contributed by atoms with Gasteiger partial charge in [-0.15, -0.1) is 0 Å². The van der Waals surface area contributed by atoms with Crippen LogP contribution in [0, 0.1) is 0 Å². The molecule has 2 aromatic carbocycles. The molecule has 0 saturated carbocycles. The average Bonchev–Trinajstić information content (AvgIpc) is 2.80. The molecule has 1 aliphatic rings. The van der Waals surface area contributed by atoms with E-state index in [1.807, 2.05) is 30.3 Å². The summed E-state index contributed by atoms with van der Waals surface area (Å²) in [5.41, 5.74) is 12.8. The molecule has 2 aromatic heterocycles. The molecule has 6 heteroatoms. The molecular formula is C24H24N6. The van der Waals surface area contributed by atoms with E-state index in [1.165, 1.54) is 11.3 Å². The number of nitrogens with two attached hydrogens (primary N) is 1. The highest BCUT2D eigenvalue weighted by Crippen LogP contribution is 2.26. The van der Waals surface area contributed by atoms with E-state index in [0.717, 1.165) is 54.2 Å². The van der Waals surface area contributed by atoms with Crippen LogP contribution in [0.3, 0.4) is 0 Å². The van der Waals surface area contributed by atoms with Gasteiger partial charge in [0.1, 0.15) is 5.52 Å². The van der Waals surface area contributed by atoms with Crippen LogP contribution in [-0.4, -0.2) is 41.1 Å². The smallest absolute Gasteiger partial charge is 0.220 e. The molecule has 5 rings (SSSR count). The summed E-state index contributed by atoms with van der Waals surface area (Å²) in [5.74, 6) is 0.281. The molecule has 1 saturated heterocycles. The molecule has 4 aromatic rings. The Labute approximate surface area is 175 Å². The second-order valence-electron chi connectivity index (χ2n) is 7.54. The number of benzene rings is 2. The topological polar surface area (TPSA) is 80.0 Å². The standard InChI is InChI=1S/C24H24N6/c25-24-28-21-11-10-20(18-6-8-19(9-7-18)30-14-12-26-13-15-30)27-23(21)22(29-24)16-17-4-2-1-3-5-17/h1-11,26H,12-16H2,(H2,25,28,29). The van der Waals surface area contributed by atoms with Crippen molar-refractivity contribution in [3.8, 4) is 11.3 Å². The van der Waals surface area contributed by atoms with Gasteiger partial charge in [-0.1, -0.05) is 42.5 Å². The molecule has 30 heavy (non-hydrogen) atoms. The summed E-state index contributed by atoms with van der Waals surface area (Å²) in [4.78, 5) is 16.2. The van der Waals surface area contributed by atoms with Crippen molar-refractivity contribution >= 4 is 22.7 Å². The fraction of sp³-hybridized carbons (Fsp3) is 0.208. The van der Waals surface area contributed by atoms with Crippen LogP contribution < -0.4 is 16.0 Å². The number of pyridine rings is 1. The monoisotopic (exact) mass is 396 g/mol. The average molecular weight is 396 g/mol. The lowest BCUT2D eigenvalue weighted by molar-refractivity contribution is 0.589. The largest absolute Gasteiger partial charge is 0.369 e. The normalized spacial score (nSPS) is 14.2. The van der Waals surface area contributed by atoms with Crippen molar-refractivity contribution in [3.05, 3.63) is 78.0 Å². The van der Waals surface area contributed by atoms with E-state index in [2.05, 4.69) is 56.6 Å². The molecule has 3 N–H and O–H groups in total. The summed E-state index contributed by atoms with van der Waals surface area (Å²) in [7, 11) is 0. The number of aromatic nitrogens is 3. The molecule has 1 fully saturated rings. The number of hydrogen-bond acceptors (Lipinski definition) is 6. The van der Waals surface area contributed by atoms with Gasteiger partial charge in [0.2, 0.25) is 5.95 Å². The molecule has 0 bridgehead atoms. The summed E-state index contributed by atoms with van der Waals surface area (Å²) in [6, 6.07) is 22.9. The molecule has 0 atom stereocenters. The van der Waals surface area contributed by atoms with Crippen LogP contribution in [0.4, 0.5) is 11.6 Å². The lowest BCUT2D eigenvalue weighted by Crippen LogP contribution is -2.43. The maximum atomic E-state index is 5.96. The van der Waals surface area contributed by atoms with Gasteiger partial charge in [-0.05, 0) is 29.8 Å². The summed E-state index contributed by atoms with van der Waals surface area (Å²) in [6.45, 7) is 4.13. The van der Waals surface area contributed by atoms with Crippen molar-refractivity contribution in [2.75, 3.05) is 36.8 Å². The third-order valence-corrected chi connectivity index (χ3v) is 5.49. The van der Waals surface area contributed by atoms with E-state index < -0.39 is 0 Å². The Kier molecular flexibility index (Phi) is 4.99. The molecular weight excluding hydrogens is 372 g/mol. The van der Waals surface area contributed by atoms with Crippen LogP contribution in [0.25, 0.3) is 22.3 Å². The van der Waals surface area contributed by atoms with E-state index in [9.17, 15) is 0 Å². The lowest BCUT2D eigenvalue weighted by Gasteiger charge is -2.29. The van der Waals surface area contributed by atoms with Gasteiger partial charge in [-0.2, -0.15) is 0 Å². The van der Waals surface area contributed by atoms with Gasteiger partial charge in [0.25, 0.3) is 0 Å². The highest BCUT2D eigenvalue weighted by Gasteiger charge is 2.13. The van der Waals surface area contributed by atoms with Gasteiger partial charge in [0.05, 0.1) is 16.9 Å². The third-order valence-electron chi connectivity index (χ3n) is 5.49. The number of nitrogen functional groups attached to an aromatic ring is 1. The molecule has 1 aliphatic heterocycles. The van der Waals surface area contributed by atoms with Gasteiger partial charge in [0, 0.05) is 43.9 Å². The minimum atomic E-state index is 0.281. The second kappa shape index (κ2) is 8.08.